The monoisotopic (exact) mass is 360 g/mol. The molecule has 1 aliphatic carbocycles. The number of hydrogen-bond donors (Lipinski definition) is 2. The van der Waals surface area contributed by atoms with Crippen LogP contribution in [-0.2, 0) is 11.3 Å². The van der Waals surface area contributed by atoms with Gasteiger partial charge in [0.25, 0.3) is 0 Å². The molecule has 9 heteroatoms. The Morgan fingerprint density at radius 3 is 2.81 bits per heavy atom. The zero-order chi connectivity index (χ0) is 18.1. The van der Waals surface area contributed by atoms with Crippen LogP contribution in [0.3, 0.4) is 0 Å². The molecule has 0 bridgehead atoms. The predicted octanol–water partition coefficient (Wildman–Crippen LogP) is -0.372. The topological polar surface area (TPSA) is 108 Å². The lowest BCUT2D eigenvalue weighted by Crippen LogP contribution is -2.36. The Hall–Kier alpha value is -2.26. The number of aliphatic hydroxyl groups excluding tert-OH is 2. The maximum absolute atomic E-state index is 12.3. The number of imidazole rings is 1. The molecule has 2 aliphatic rings. The Bertz CT molecular complexity index is 790. The summed E-state index contributed by atoms with van der Waals surface area (Å²) in [6.07, 6.45) is 5.21. The van der Waals surface area contributed by atoms with E-state index in [-0.39, 0.29) is 19.1 Å². The zero-order valence-electron chi connectivity index (χ0n) is 14.7. The Kier molecular flexibility index (Phi) is 4.73. The van der Waals surface area contributed by atoms with E-state index < -0.39 is 6.10 Å². The van der Waals surface area contributed by atoms with Crippen molar-refractivity contribution in [1.29, 1.82) is 0 Å². The highest BCUT2D eigenvalue weighted by Gasteiger charge is 2.34. The van der Waals surface area contributed by atoms with Gasteiger partial charge in [-0.15, -0.1) is 0 Å². The number of anilines is 1. The third-order valence-electron chi connectivity index (χ3n) is 5.03. The summed E-state index contributed by atoms with van der Waals surface area (Å²) in [5.41, 5.74) is 1.32. The van der Waals surface area contributed by atoms with Gasteiger partial charge in [-0.3, -0.25) is 4.79 Å². The standard InChI is InChI=1S/C17H24N6O3/c24-9-13(25)8-23-11-20-14-15(18-10-19-16(14)23)21-4-1-5-22(7-6-21)17(26)12-2-3-12/h10-13,24-25H,1-9H2. The number of hydrogen-bond acceptors (Lipinski definition) is 7. The molecule has 2 fully saturated rings. The maximum Gasteiger partial charge on any atom is 0.225 e. The van der Waals surface area contributed by atoms with Crippen molar-refractivity contribution < 1.29 is 15.0 Å². The van der Waals surface area contributed by atoms with Gasteiger partial charge in [-0.05, 0) is 19.3 Å². The molecule has 140 valence electrons. The van der Waals surface area contributed by atoms with Gasteiger partial charge in [0.15, 0.2) is 17.0 Å². The molecule has 4 rings (SSSR count). The molecule has 1 unspecified atom stereocenters. The van der Waals surface area contributed by atoms with Gasteiger partial charge in [-0.2, -0.15) is 0 Å². The summed E-state index contributed by atoms with van der Waals surface area (Å²) in [7, 11) is 0. The van der Waals surface area contributed by atoms with Crippen LogP contribution in [0.2, 0.25) is 0 Å². The third-order valence-corrected chi connectivity index (χ3v) is 5.03. The van der Waals surface area contributed by atoms with Crippen LogP contribution in [-0.4, -0.2) is 79.4 Å². The van der Waals surface area contributed by atoms with Gasteiger partial charge in [0.1, 0.15) is 6.33 Å². The largest absolute Gasteiger partial charge is 0.394 e. The van der Waals surface area contributed by atoms with Gasteiger partial charge < -0.3 is 24.6 Å². The summed E-state index contributed by atoms with van der Waals surface area (Å²) in [4.78, 5) is 29.6. The molecule has 1 aliphatic heterocycles. The van der Waals surface area contributed by atoms with E-state index >= 15 is 0 Å². The predicted molar refractivity (Wildman–Crippen MR) is 94.5 cm³/mol. The van der Waals surface area contributed by atoms with Gasteiger partial charge in [0.2, 0.25) is 5.91 Å². The molecule has 9 nitrogen and oxygen atoms in total. The van der Waals surface area contributed by atoms with Crippen LogP contribution < -0.4 is 4.90 Å². The van der Waals surface area contributed by atoms with Crippen molar-refractivity contribution in [3.05, 3.63) is 12.7 Å². The van der Waals surface area contributed by atoms with Crippen molar-refractivity contribution in [2.24, 2.45) is 5.92 Å². The first-order valence-electron chi connectivity index (χ1n) is 9.16. The first kappa shape index (κ1) is 17.2. The van der Waals surface area contributed by atoms with Crippen LogP contribution in [0.5, 0.6) is 0 Å². The van der Waals surface area contributed by atoms with Gasteiger partial charge >= 0.3 is 0 Å². The second-order valence-corrected chi connectivity index (χ2v) is 7.04. The minimum atomic E-state index is -0.856. The number of nitrogens with zero attached hydrogens (tertiary/aromatic N) is 6. The zero-order valence-corrected chi connectivity index (χ0v) is 14.7. The third kappa shape index (κ3) is 3.36. The van der Waals surface area contributed by atoms with E-state index in [2.05, 4.69) is 19.9 Å². The number of aliphatic hydroxyl groups is 2. The summed E-state index contributed by atoms with van der Waals surface area (Å²) in [6, 6.07) is 0. The molecule has 1 saturated heterocycles. The lowest BCUT2D eigenvalue weighted by Gasteiger charge is -2.23. The van der Waals surface area contributed by atoms with E-state index in [4.69, 9.17) is 5.11 Å². The fraction of sp³-hybridized carbons (Fsp3) is 0.647. The van der Waals surface area contributed by atoms with Crippen LogP contribution in [0, 0.1) is 5.92 Å². The lowest BCUT2D eigenvalue weighted by molar-refractivity contribution is -0.132. The van der Waals surface area contributed by atoms with Gasteiger partial charge in [0, 0.05) is 32.1 Å². The van der Waals surface area contributed by atoms with Crippen LogP contribution >= 0.6 is 0 Å². The number of rotatable bonds is 5. The quantitative estimate of drug-likeness (QED) is 0.749. The highest BCUT2D eigenvalue weighted by molar-refractivity contribution is 5.84. The average Bonchev–Trinajstić information content (AvgIpc) is 3.46. The van der Waals surface area contributed by atoms with Crippen molar-refractivity contribution in [2.75, 3.05) is 37.7 Å². The van der Waals surface area contributed by atoms with Crippen LogP contribution in [0.1, 0.15) is 19.3 Å². The first-order valence-corrected chi connectivity index (χ1v) is 9.16. The van der Waals surface area contributed by atoms with E-state index in [1.807, 2.05) is 4.90 Å². The Balaban J connectivity index is 1.53. The molecule has 3 heterocycles. The van der Waals surface area contributed by atoms with Gasteiger partial charge in [0.05, 0.1) is 25.6 Å². The van der Waals surface area contributed by atoms with E-state index in [0.717, 1.165) is 44.7 Å². The van der Waals surface area contributed by atoms with Crippen molar-refractivity contribution in [3.63, 3.8) is 0 Å². The molecule has 2 aromatic heterocycles. The smallest absolute Gasteiger partial charge is 0.225 e. The number of amides is 1. The molecule has 26 heavy (non-hydrogen) atoms. The fourth-order valence-corrected chi connectivity index (χ4v) is 3.46. The Labute approximate surface area is 151 Å². The van der Waals surface area contributed by atoms with E-state index in [9.17, 15) is 9.90 Å². The highest BCUT2D eigenvalue weighted by Crippen LogP contribution is 2.31. The molecule has 1 atom stereocenters. The number of fused-ring (bicyclic) bond motifs is 1. The minimum Gasteiger partial charge on any atom is -0.394 e. The summed E-state index contributed by atoms with van der Waals surface area (Å²) >= 11 is 0. The highest BCUT2D eigenvalue weighted by atomic mass is 16.3. The molecule has 0 spiro atoms. The first-order chi connectivity index (χ1) is 12.7. The van der Waals surface area contributed by atoms with E-state index in [1.54, 1.807) is 10.9 Å². The molecule has 2 N–H and O–H groups in total. The summed E-state index contributed by atoms with van der Waals surface area (Å²) in [6.45, 7) is 2.94. The van der Waals surface area contributed by atoms with Crippen LogP contribution in [0.15, 0.2) is 12.7 Å². The second kappa shape index (κ2) is 7.16. The Morgan fingerprint density at radius 1 is 1.19 bits per heavy atom. The van der Waals surface area contributed by atoms with Crippen molar-refractivity contribution >= 4 is 22.9 Å². The lowest BCUT2D eigenvalue weighted by atomic mass is 10.3. The number of carbonyl (C=O) groups is 1. The number of aromatic nitrogens is 4. The SMILES string of the molecule is O=C(C1CC1)N1CCCN(c2ncnc3c2ncn3CC(O)CO)CC1. The van der Waals surface area contributed by atoms with Crippen molar-refractivity contribution in [2.45, 2.75) is 31.9 Å². The molecular weight excluding hydrogens is 336 g/mol. The summed E-state index contributed by atoms with van der Waals surface area (Å²) in [5.74, 6) is 1.30. The molecular formula is C17H24N6O3. The minimum absolute atomic E-state index is 0.229. The molecule has 1 saturated carbocycles. The number of carbonyl (C=O) groups excluding carboxylic acids is 1. The van der Waals surface area contributed by atoms with Crippen molar-refractivity contribution in [3.8, 4) is 0 Å². The second-order valence-electron chi connectivity index (χ2n) is 7.04. The van der Waals surface area contributed by atoms with E-state index in [0.29, 0.717) is 23.6 Å². The molecule has 0 aromatic carbocycles. The molecule has 2 aromatic rings. The molecule has 1 amide bonds. The summed E-state index contributed by atoms with van der Waals surface area (Å²) in [5, 5.41) is 18.7. The Morgan fingerprint density at radius 2 is 2.04 bits per heavy atom. The van der Waals surface area contributed by atoms with Crippen LogP contribution in [0.4, 0.5) is 5.82 Å². The summed E-state index contributed by atoms with van der Waals surface area (Å²) < 4.78 is 1.72. The van der Waals surface area contributed by atoms with E-state index in [1.165, 1.54) is 6.33 Å². The normalized spacial score (nSPS) is 19.6. The van der Waals surface area contributed by atoms with Gasteiger partial charge in [-0.25, -0.2) is 15.0 Å². The fourth-order valence-electron chi connectivity index (χ4n) is 3.46. The van der Waals surface area contributed by atoms with Gasteiger partial charge in [-0.1, -0.05) is 0 Å². The van der Waals surface area contributed by atoms with Crippen LogP contribution in [0.25, 0.3) is 11.2 Å². The molecule has 0 radical (unpaired) electrons. The van der Waals surface area contributed by atoms with Crippen molar-refractivity contribution in [1.82, 2.24) is 24.4 Å². The maximum atomic E-state index is 12.3. The average molecular weight is 360 g/mol.